The minimum absolute atomic E-state index is 0.0113. The number of hydrogen-bond acceptors (Lipinski definition) is 11. The second-order valence-corrected chi connectivity index (χ2v) is 9.85. The minimum atomic E-state index is -2.14. The van der Waals surface area contributed by atoms with Gasteiger partial charge in [-0.25, -0.2) is 0 Å². The smallest absolute Gasteiger partial charge is 0.198 e. The van der Waals surface area contributed by atoms with Crippen LogP contribution in [0.15, 0.2) is 24.3 Å². The summed E-state index contributed by atoms with van der Waals surface area (Å²) in [5.74, 6) is -3.27. The van der Waals surface area contributed by atoms with E-state index in [1.54, 1.807) is 6.92 Å². The highest BCUT2D eigenvalue weighted by atomic mass is 16.7. The van der Waals surface area contributed by atoms with Gasteiger partial charge in [0.25, 0.3) is 0 Å². The molecule has 11 nitrogen and oxygen atoms in total. The lowest BCUT2D eigenvalue weighted by Crippen LogP contribution is -2.53. The average molecular weight is 513 g/mol. The fourth-order valence-electron chi connectivity index (χ4n) is 5.47. The van der Waals surface area contributed by atoms with Crippen LogP contribution in [0.1, 0.15) is 68.8 Å². The number of ether oxygens (including phenoxy) is 2. The van der Waals surface area contributed by atoms with Crippen molar-refractivity contribution < 1.29 is 49.4 Å². The van der Waals surface area contributed by atoms with E-state index in [-0.39, 0.29) is 52.0 Å². The van der Waals surface area contributed by atoms with Crippen molar-refractivity contribution in [2.75, 3.05) is 6.61 Å². The first kappa shape index (κ1) is 25.5. The Morgan fingerprint density at radius 2 is 1.89 bits per heavy atom. The Morgan fingerprint density at radius 3 is 2.57 bits per heavy atom. The molecular weight excluding hydrogens is 486 g/mol. The Hall–Kier alpha value is -3.19. The molecule has 0 spiro atoms. The van der Waals surface area contributed by atoms with Crippen molar-refractivity contribution in [1.82, 2.24) is 0 Å². The van der Waals surface area contributed by atoms with E-state index >= 15 is 0 Å². The van der Waals surface area contributed by atoms with Crippen molar-refractivity contribution in [2.45, 2.75) is 62.4 Å². The van der Waals surface area contributed by atoms with Crippen molar-refractivity contribution in [3.63, 3.8) is 0 Å². The quantitative estimate of drug-likeness (QED) is 0.274. The topological polar surface area (TPSA) is 197 Å². The fraction of sp³-hybridized carbons (Fsp3) is 0.423. The zero-order valence-electron chi connectivity index (χ0n) is 19.9. The van der Waals surface area contributed by atoms with Crippen LogP contribution in [0.3, 0.4) is 0 Å². The third-order valence-electron chi connectivity index (χ3n) is 7.49. The molecule has 1 unspecified atom stereocenters. The van der Waals surface area contributed by atoms with Crippen LogP contribution in [0.4, 0.5) is 0 Å². The second kappa shape index (κ2) is 8.98. The van der Waals surface area contributed by atoms with Gasteiger partial charge in [0, 0.05) is 42.0 Å². The van der Waals surface area contributed by atoms with Crippen LogP contribution in [0.5, 0.6) is 11.5 Å². The fourth-order valence-corrected chi connectivity index (χ4v) is 5.47. The van der Waals surface area contributed by atoms with Gasteiger partial charge in [-0.15, -0.1) is 0 Å². The zero-order chi connectivity index (χ0) is 26.8. The Morgan fingerprint density at radius 1 is 1.19 bits per heavy atom. The lowest BCUT2D eigenvalue weighted by Gasteiger charge is -2.42. The summed E-state index contributed by atoms with van der Waals surface area (Å²) in [5, 5.41) is 52.3. The lowest BCUT2D eigenvalue weighted by molar-refractivity contribution is -0.247. The maximum Gasteiger partial charge on any atom is 0.198 e. The number of aliphatic hydroxyl groups is 3. The molecule has 0 bridgehead atoms. The van der Waals surface area contributed by atoms with E-state index < -0.39 is 72.4 Å². The molecule has 1 fully saturated rings. The van der Waals surface area contributed by atoms with Gasteiger partial charge in [-0.3, -0.25) is 14.4 Å². The molecule has 37 heavy (non-hydrogen) atoms. The van der Waals surface area contributed by atoms with E-state index in [1.165, 1.54) is 24.3 Å². The number of rotatable bonds is 4. The minimum Gasteiger partial charge on any atom is -0.507 e. The number of carbonyl (C=O) groups excluding carboxylic acids is 3. The summed E-state index contributed by atoms with van der Waals surface area (Å²) in [4.78, 5) is 39.2. The SMILES string of the molecule is C[C@@H]1O[C@@H](OC2C[C@](O)(C(=O)CO)Cc3c2cc2c(c3O)C(=O)c3cccc(O)c3C2=O)C[C@H](N)[C@@H]1O. The summed E-state index contributed by atoms with van der Waals surface area (Å²) in [6.45, 7) is 0.638. The Labute approximate surface area is 211 Å². The number of carbonyl (C=O) groups is 3. The molecule has 7 N–H and O–H groups in total. The van der Waals surface area contributed by atoms with Gasteiger partial charge in [-0.1, -0.05) is 12.1 Å². The maximum atomic E-state index is 13.3. The number of benzene rings is 2. The Balaban J connectivity index is 1.63. The first-order valence-corrected chi connectivity index (χ1v) is 11.9. The summed E-state index contributed by atoms with van der Waals surface area (Å²) in [5.41, 5.74) is 3.36. The first-order valence-electron chi connectivity index (χ1n) is 11.9. The number of aliphatic hydroxyl groups excluding tert-OH is 2. The molecule has 2 aliphatic carbocycles. The summed E-state index contributed by atoms with van der Waals surface area (Å²) < 4.78 is 11.8. The van der Waals surface area contributed by atoms with Crippen molar-refractivity contribution in [3.05, 3.63) is 57.6 Å². The highest BCUT2D eigenvalue weighted by molar-refractivity contribution is 6.30. The Bertz CT molecular complexity index is 1310. The monoisotopic (exact) mass is 513 g/mol. The predicted molar refractivity (Wildman–Crippen MR) is 125 cm³/mol. The molecule has 5 rings (SSSR count). The summed E-state index contributed by atoms with van der Waals surface area (Å²) in [7, 11) is 0. The van der Waals surface area contributed by atoms with E-state index in [1.807, 2.05) is 0 Å². The van der Waals surface area contributed by atoms with E-state index in [0.29, 0.717) is 0 Å². The third-order valence-corrected chi connectivity index (χ3v) is 7.49. The number of phenolic OH excluding ortho intramolecular Hbond substituents is 2. The van der Waals surface area contributed by atoms with Crippen molar-refractivity contribution in [3.8, 4) is 11.5 Å². The number of Topliss-reactive ketones (excluding diaryl/α,β-unsaturated/α-hetero) is 1. The van der Waals surface area contributed by atoms with Crippen LogP contribution in [0, 0.1) is 0 Å². The molecule has 1 aliphatic heterocycles. The van der Waals surface area contributed by atoms with Gasteiger partial charge in [0.2, 0.25) is 0 Å². The molecule has 0 saturated carbocycles. The van der Waals surface area contributed by atoms with Gasteiger partial charge in [-0.2, -0.15) is 0 Å². The standard InChI is InChI=1S/C26H27NO10/c1-10-22(31)15(27)6-19(36-10)37-17-8-26(35,18(30)9-28)7-14-12(17)5-13-21(25(14)34)23(32)11-3-2-4-16(29)20(11)24(13)33/h2-5,10,15,17,19,22,28-29,31,34-35H,6-9,27H2,1H3/t10-,15-,17?,19-,22+,26-/m0/s1. The van der Waals surface area contributed by atoms with Gasteiger partial charge in [0.15, 0.2) is 23.6 Å². The molecule has 0 aromatic heterocycles. The molecule has 1 heterocycles. The van der Waals surface area contributed by atoms with Crippen LogP contribution in [-0.2, 0) is 20.7 Å². The van der Waals surface area contributed by atoms with Gasteiger partial charge in [-0.05, 0) is 24.6 Å². The second-order valence-electron chi connectivity index (χ2n) is 9.85. The van der Waals surface area contributed by atoms with Gasteiger partial charge < -0.3 is 40.7 Å². The molecule has 11 heteroatoms. The van der Waals surface area contributed by atoms with Crippen molar-refractivity contribution >= 4 is 17.3 Å². The number of fused-ring (bicyclic) bond motifs is 3. The molecule has 1 saturated heterocycles. The summed E-state index contributed by atoms with van der Waals surface area (Å²) in [6, 6.07) is 4.71. The van der Waals surface area contributed by atoms with Gasteiger partial charge in [0.05, 0.1) is 29.4 Å². The van der Waals surface area contributed by atoms with Gasteiger partial charge in [0.1, 0.15) is 23.7 Å². The number of nitrogens with two attached hydrogens (primary N) is 1. The highest BCUT2D eigenvalue weighted by Gasteiger charge is 2.48. The zero-order valence-corrected chi connectivity index (χ0v) is 19.9. The molecule has 2 aromatic carbocycles. The molecule has 2 aromatic rings. The molecule has 0 amide bonds. The van der Waals surface area contributed by atoms with Gasteiger partial charge >= 0.3 is 0 Å². The van der Waals surface area contributed by atoms with E-state index in [9.17, 15) is 39.9 Å². The van der Waals surface area contributed by atoms with Crippen LogP contribution in [0.25, 0.3) is 0 Å². The van der Waals surface area contributed by atoms with Crippen LogP contribution < -0.4 is 5.73 Å². The van der Waals surface area contributed by atoms with Crippen LogP contribution in [-0.4, -0.2) is 79.6 Å². The summed E-state index contributed by atoms with van der Waals surface area (Å²) in [6.07, 6.45) is -4.38. The number of phenols is 2. The molecule has 3 aliphatic rings. The van der Waals surface area contributed by atoms with E-state index in [0.717, 1.165) is 0 Å². The van der Waals surface area contributed by atoms with E-state index in [2.05, 4.69) is 0 Å². The normalized spacial score (nSPS) is 30.9. The molecule has 196 valence electrons. The first-order chi connectivity index (χ1) is 17.5. The number of hydrogen-bond donors (Lipinski definition) is 6. The average Bonchev–Trinajstić information content (AvgIpc) is 2.85. The third kappa shape index (κ3) is 3.95. The van der Waals surface area contributed by atoms with Crippen LogP contribution >= 0.6 is 0 Å². The number of ketones is 3. The van der Waals surface area contributed by atoms with E-state index in [4.69, 9.17) is 15.2 Å². The van der Waals surface area contributed by atoms with Crippen LogP contribution in [0.2, 0.25) is 0 Å². The number of aromatic hydroxyl groups is 2. The van der Waals surface area contributed by atoms with Crippen molar-refractivity contribution in [2.24, 2.45) is 5.73 Å². The molecular formula is C26H27NO10. The predicted octanol–water partition coefficient (Wildman–Crippen LogP) is -0.00730. The van der Waals surface area contributed by atoms with Crippen molar-refractivity contribution in [1.29, 1.82) is 0 Å². The molecule has 0 radical (unpaired) electrons. The highest BCUT2D eigenvalue weighted by Crippen LogP contribution is 2.47. The molecule has 6 atom stereocenters. The Kier molecular flexibility index (Phi) is 6.18. The largest absolute Gasteiger partial charge is 0.507 e. The maximum absolute atomic E-state index is 13.3. The summed E-state index contributed by atoms with van der Waals surface area (Å²) >= 11 is 0. The lowest BCUT2D eigenvalue weighted by atomic mass is 9.72.